The number of carbonyl (C=O) groups excluding carboxylic acids is 2. The first-order valence-electron chi connectivity index (χ1n) is 17.0. The van der Waals surface area contributed by atoms with Crippen LogP contribution < -0.4 is 51.4 Å². The Hall–Kier alpha value is -0.814. The van der Waals surface area contributed by atoms with Crippen molar-refractivity contribution in [3.8, 4) is 0 Å². The van der Waals surface area contributed by atoms with Gasteiger partial charge < -0.3 is 14.0 Å². The molecule has 0 saturated heterocycles. The number of benzene rings is 1. The summed E-state index contributed by atoms with van der Waals surface area (Å²) in [5, 5.41) is 0. The average molecular weight is 673 g/mol. The molecule has 0 bridgehead atoms. The first kappa shape index (κ1) is 44.2. The van der Waals surface area contributed by atoms with Crippen LogP contribution in [0.15, 0.2) is 47.4 Å². The van der Waals surface area contributed by atoms with Crippen LogP contribution in [-0.2, 0) is 19.6 Å². The van der Waals surface area contributed by atoms with Crippen LogP contribution in [0.4, 0.5) is 0 Å². The molecule has 1 aromatic rings. The summed E-state index contributed by atoms with van der Waals surface area (Å²) >= 11 is 0. The normalized spacial score (nSPS) is 11.6. The molecule has 0 saturated carbocycles. The molecule has 0 radical (unpaired) electrons. The van der Waals surface area contributed by atoms with Crippen molar-refractivity contribution >= 4 is 22.1 Å². The van der Waals surface area contributed by atoms with E-state index in [9.17, 15) is 22.6 Å². The first-order chi connectivity index (χ1) is 21.3. The fraction of sp³-hybridized carbons (Fsp3) is 0.667. The Morgan fingerprint density at radius 3 is 1.40 bits per heavy atom. The van der Waals surface area contributed by atoms with Gasteiger partial charge in [-0.25, -0.2) is 18.0 Å². The molecule has 0 N–H and O–H groups in total. The van der Waals surface area contributed by atoms with Gasteiger partial charge in [0.2, 0.25) is 0 Å². The summed E-state index contributed by atoms with van der Waals surface area (Å²) in [6.07, 6.45) is 30.8. The quantitative estimate of drug-likeness (QED) is 0.0330. The van der Waals surface area contributed by atoms with Gasteiger partial charge in [-0.3, -0.25) is 0 Å². The maximum absolute atomic E-state index is 12.8. The molecule has 0 spiro atoms. The van der Waals surface area contributed by atoms with Crippen LogP contribution in [-0.4, -0.2) is 38.1 Å². The largest absolute Gasteiger partial charge is 1.00 e. The zero-order valence-corrected chi connectivity index (χ0v) is 32.3. The van der Waals surface area contributed by atoms with Gasteiger partial charge >= 0.3 is 63.3 Å². The molecule has 250 valence electrons. The SMILES string of the molecule is CCCC/C=C/CCCCCCCCOC(=O)c1ccc(S(=O)(=O)[O-])cc1C(=O)OCCCCCCCC/C=C/CCCC.[K+]. The molecular weight excluding hydrogens is 616 g/mol. The average Bonchev–Trinajstić information content (AvgIpc) is 3.00. The van der Waals surface area contributed by atoms with Crippen molar-refractivity contribution in [2.45, 2.75) is 147 Å². The van der Waals surface area contributed by atoms with Gasteiger partial charge in [-0.2, -0.15) is 0 Å². The number of hydrogen-bond donors (Lipinski definition) is 0. The van der Waals surface area contributed by atoms with Crippen LogP contribution in [0.1, 0.15) is 163 Å². The standard InChI is InChI=1S/C36H58O7S.K/c1-3-5-7-9-11-13-15-17-19-21-23-25-29-42-35(37)33-28-27-32(44(39,40)41)31-34(33)36(38)43-30-26-24-22-20-18-16-14-12-10-8-6-4-2;/h9-12,27-28,31H,3-8,13-26,29-30H2,1-2H3,(H,39,40,41);/q;+1/p-1/b11-9+,12-10+;. The van der Waals surface area contributed by atoms with Gasteiger partial charge in [-0.15, -0.1) is 0 Å². The smallest absolute Gasteiger partial charge is 0.744 e. The topological polar surface area (TPSA) is 110 Å². The first-order valence-corrected chi connectivity index (χ1v) is 18.5. The Balaban J connectivity index is 0.0000194. The van der Waals surface area contributed by atoms with Crippen molar-refractivity contribution in [2.75, 3.05) is 13.2 Å². The number of hydrogen-bond acceptors (Lipinski definition) is 7. The Morgan fingerprint density at radius 2 is 0.978 bits per heavy atom. The van der Waals surface area contributed by atoms with Gasteiger partial charge in [0.15, 0.2) is 0 Å². The molecule has 0 aliphatic heterocycles. The van der Waals surface area contributed by atoms with Crippen molar-refractivity contribution in [3.05, 3.63) is 53.6 Å². The molecule has 9 heteroatoms. The number of unbranched alkanes of at least 4 members (excludes halogenated alkanes) is 16. The molecule has 1 aromatic carbocycles. The third kappa shape index (κ3) is 23.2. The van der Waals surface area contributed by atoms with Crippen LogP contribution in [0.25, 0.3) is 0 Å². The second kappa shape index (κ2) is 29.3. The maximum atomic E-state index is 12.8. The third-order valence-corrected chi connectivity index (χ3v) is 8.33. The number of allylic oxidation sites excluding steroid dienone is 4. The summed E-state index contributed by atoms with van der Waals surface area (Å²) in [6.45, 7) is 4.74. The minimum absolute atomic E-state index is 0. The van der Waals surface area contributed by atoms with E-state index in [-0.39, 0.29) is 75.7 Å². The van der Waals surface area contributed by atoms with Gasteiger partial charge in [-0.05, 0) is 69.6 Å². The van der Waals surface area contributed by atoms with Gasteiger partial charge in [0.05, 0.1) is 29.2 Å². The Labute approximate surface area is 316 Å². The molecule has 0 heterocycles. The van der Waals surface area contributed by atoms with E-state index < -0.39 is 27.0 Å². The number of ether oxygens (including phenoxy) is 2. The van der Waals surface area contributed by atoms with Crippen molar-refractivity contribution in [3.63, 3.8) is 0 Å². The van der Waals surface area contributed by atoms with E-state index in [1.165, 1.54) is 44.9 Å². The molecule has 0 atom stereocenters. The van der Waals surface area contributed by atoms with E-state index in [0.29, 0.717) is 12.8 Å². The fourth-order valence-electron chi connectivity index (χ4n) is 4.77. The zero-order chi connectivity index (χ0) is 32.3. The molecule has 45 heavy (non-hydrogen) atoms. The summed E-state index contributed by atoms with van der Waals surface area (Å²) in [5.41, 5.74) is -0.360. The van der Waals surface area contributed by atoms with E-state index >= 15 is 0 Å². The van der Waals surface area contributed by atoms with E-state index in [4.69, 9.17) is 9.47 Å². The Morgan fingerprint density at radius 1 is 0.600 bits per heavy atom. The molecule has 0 aliphatic carbocycles. The van der Waals surface area contributed by atoms with Crippen LogP contribution in [0.5, 0.6) is 0 Å². The summed E-state index contributed by atoms with van der Waals surface area (Å²) in [7, 11) is -4.81. The van der Waals surface area contributed by atoms with Crippen molar-refractivity contribution in [2.24, 2.45) is 0 Å². The Bertz CT molecular complexity index is 1080. The van der Waals surface area contributed by atoms with Gasteiger partial charge in [-0.1, -0.05) is 115 Å². The Kier molecular flexibility index (Phi) is 28.8. The van der Waals surface area contributed by atoms with E-state index in [2.05, 4.69) is 38.2 Å². The predicted octanol–water partition coefficient (Wildman–Crippen LogP) is 6.86. The van der Waals surface area contributed by atoms with E-state index in [1.54, 1.807) is 0 Å². The van der Waals surface area contributed by atoms with Crippen LogP contribution in [0.3, 0.4) is 0 Å². The van der Waals surface area contributed by atoms with E-state index in [1.807, 2.05) is 0 Å². The molecule has 0 fully saturated rings. The monoisotopic (exact) mass is 672 g/mol. The fourth-order valence-corrected chi connectivity index (χ4v) is 5.27. The van der Waals surface area contributed by atoms with Gasteiger partial charge in [0.25, 0.3) is 0 Å². The molecule has 7 nitrogen and oxygen atoms in total. The summed E-state index contributed by atoms with van der Waals surface area (Å²) in [4.78, 5) is 25.0. The third-order valence-electron chi connectivity index (χ3n) is 7.50. The van der Waals surface area contributed by atoms with Crippen molar-refractivity contribution < 1.29 is 83.4 Å². The number of carbonyl (C=O) groups is 2. The van der Waals surface area contributed by atoms with Crippen LogP contribution >= 0.6 is 0 Å². The summed E-state index contributed by atoms with van der Waals surface area (Å²) in [5.74, 6) is -1.57. The van der Waals surface area contributed by atoms with Gasteiger partial charge in [0, 0.05) is 0 Å². The minimum Gasteiger partial charge on any atom is -0.744 e. The minimum atomic E-state index is -4.81. The molecule has 0 unspecified atom stereocenters. The second-order valence-electron chi connectivity index (χ2n) is 11.5. The second-order valence-corrected chi connectivity index (χ2v) is 12.9. The molecular formula is C36H57KO7S. The van der Waals surface area contributed by atoms with Crippen molar-refractivity contribution in [1.29, 1.82) is 0 Å². The van der Waals surface area contributed by atoms with Crippen LogP contribution in [0.2, 0.25) is 0 Å². The number of rotatable bonds is 27. The van der Waals surface area contributed by atoms with Gasteiger partial charge in [0.1, 0.15) is 10.1 Å². The predicted molar refractivity (Wildman–Crippen MR) is 177 cm³/mol. The maximum Gasteiger partial charge on any atom is 1.00 e. The zero-order valence-electron chi connectivity index (χ0n) is 28.4. The van der Waals surface area contributed by atoms with Crippen LogP contribution in [0, 0.1) is 0 Å². The summed E-state index contributed by atoms with van der Waals surface area (Å²) < 4.78 is 45.4. The van der Waals surface area contributed by atoms with E-state index in [0.717, 1.165) is 88.8 Å². The molecule has 0 amide bonds. The molecule has 0 aliphatic rings. The van der Waals surface area contributed by atoms with Crippen molar-refractivity contribution in [1.82, 2.24) is 0 Å². The number of esters is 2. The molecule has 0 aromatic heterocycles. The summed E-state index contributed by atoms with van der Waals surface area (Å²) in [6, 6.07) is 3.09. The molecule has 1 rings (SSSR count).